The summed E-state index contributed by atoms with van der Waals surface area (Å²) in [4.78, 5) is 11.1. The van der Waals surface area contributed by atoms with Crippen molar-refractivity contribution in [3.05, 3.63) is 83.4 Å². The minimum Gasteiger partial charge on any atom is -0.495 e. The third-order valence-corrected chi connectivity index (χ3v) is 5.77. The number of aryl methyl sites for hydroxylation is 1. The predicted octanol–water partition coefficient (Wildman–Crippen LogP) is 4.81. The van der Waals surface area contributed by atoms with Crippen LogP contribution >= 0.6 is 0 Å². The van der Waals surface area contributed by atoms with E-state index in [2.05, 4.69) is 10.1 Å². The summed E-state index contributed by atoms with van der Waals surface area (Å²) in [7, 11) is 1.52. The van der Waals surface area contributed by atoms with Crippen molar-refractivity contribution in [3.63, 3.8) is 0 Å². The van der Waals surface area contributed by atoms with Crippen LogP contribution in [0.4, 0.5) is 13.2 Å². The number of halogens is 3. The van der Waals surface area contributed by atoms with Crippen LogP contribution in [0.25, 0.3) is 11.8 Å². The number of hydrogen-bond donors (Lipinski definition) is 0. The highest BCUT2D eigenvalue weighted by Crippen LogP contribution is 2.43. The van der Waals surface area contributed by atoms with Crippen LogP contribution < -0.4 is 4.74 Å². The van der Waals surface area contributed by atoms with E-state index in [4.69, 9.17) is 14.3 Å². The van der Waals surface area contributed by atoms with Crippen LogP contribution in [-0.2, 0) is 15.3 Å². The van der Waals surface area contributed by atoms with Gasteiger partial charge in [-0.25, -0.2) is 9.37 Å². The lowest BCUT2D eigenvalue weighted by molar-refractivity contribution is -0.242. The predicted molar refractivity (Wildman–Crippen MR) is 118 cm³/mol. The van der Waals surface area contributed by atoms with Gasteiger partial charge in [0, 0.05) is 18.7 Å². The van der Waals surface area contributed by atoms with Crippen molar-refractivity contribution in [2.24, 2.45) is 5.16 Å². The highest BCUT2D eigenvalue weighted by molar-refractivity contribution is 6.01. The van der Waals surface area contributed by atoms with Gasteiger partial charge in [0.1, 0.15) is 18.1 Å². The quantitative estimate of drug-likeness (QED) is 0.548. The van der Waals surface area contributed by atoms with Crippen molar-refractivity contribution in [1.82, 2.24) is 14.5 Å². The first kappa shape index (κ1) is 21.9. The number of nitrogens with zero attached hydrogens (tertiary/aromatic N) is 4. The number of oxime groups is 1. The van der Waals surface area contributed by atoms with Crippen molar-refractivity contribution in [3.8, 4) is 11.4 Å². The van der Waals surface area contributed by atoms with Crippen molar-refractivity contribution in [1.29, 1.82) is 0 Å². The van der Waals surface area contributed by atoms with E-state index >= 15 is 0 Å². The van der Waals surface area contributed by atoms with Gasteiger partial charge in [-0.05, 0) is 42.8 Å². The summed E-state index contributed by atoms with van der Waals surface area (Å²) in [6.45, 7) is 2.69. The summed E-state index contributed by atoms with van der Waals surface area (Å²) in [5.74, 6) is 0.0379. The third-order valence-electron chi connectivity index (χ3n) is 5.77. The summed E-state index contributed by atoms with van der Waals surface area (Å²) in [5.41, 5.74) is 1.27. The molecule has 1 saturated heterocycles. The Morgan fingerprint density at radius 2 is 1.91 bits per heavy atom. The third kappa shape index (κ3) is 3.74. The Labute approximate surface area is 193 Å². The number of hydrogen-bond acceptors (Lipinski definition) is 6. The number of benzene rings is 2. The largest absolute Gasteiger partial charge is 0.495 e. The molecule has 1 aromatic heterocycles. The Hall–Kier alpha value is -3.95. The first-order valence-corrected chi connectivity index (χ1v) is 10.5. The molecule has 2 aromatic carbocycles. The number of rotatable bonds is 4. The van der Waals surface area contributed by atoms with E-state index in [1.54, 1.807) is 36.0 Å². The highest BCUT2D eigenvalue weighted by Gasteiger charge is 2.54. The summed E-state index contributed by atoms with van der Waals surface area (Å²) in [6, 6.07) is 10.7. The van der Waals surface area contributed by atoms with Crippen LogP contribution in [-0.4, -0.2) is 40.0 Å². The topological polar surface area (TPSA) is 61.1 Å². The Morgan fingerprint density at radius 1 is 1.15 bits per heavy atom. The second kappa shape index (κ2) is 7.82. The molecule has 3 aromatic rings. The molecule has 2 aliphatic heterocycles. The standard InChI is InChI=1S/C24H21F3N4O3/c1-15-12-30(14-28-15)19-9-4-16(10-20(19)32-3)11-21-22-29-34-23(2,17-5-7-18(25)8-6-17)31(22)13-24(26,27)33-21/h4-12,14H,13H2,1-3H3. The average Bonchev–Trinajstić information content (AvgIpc) is 3.37. The molecule has 176 valence electrons. The minimum absolute atomic E-state index is 0.117. The van der Waals surface area contributed by atoms with Crippen LogP contribution in [0, 0.1) is 12.7 Å². The number of alkyl halides is 2. The van der Waals surface area contributed by atoms with Gasteiger partial charge in [0.25, 0.3) is 0 Å². The summed E-state index contributed by atoms with van der Waals surface area (Å²) in [6.07, 6.45) is 1.46. The number of fused-ring (bicyclic) bond motifs is 1. The van der Waals surface area contributed by atoms with Gasteiger partial charge in [-0.15, -0.1) is 0 Å². The molecule has 0 amide bonds. The molecule has 5 rings (SSSR count). The van der Waals surface area contributed by atoms with E-state index in [9.17, 15) is 13.2 Å². The molecule has 0 aliphatic carbocycles. The van der Waals surface area contributed by atoms with Crippen LogP contribution in [0.2, 0.25) is 0 Å². The maximum Gasteiger partial charge on any atom is 0.416 e. The summed E-state index contributed by atoms with van der Waals surface area (Å²) < 4.78 is 55.0. The fourth-order valence-electron chi connectivity index (χ4n) is 4.02. The van der Waals surface area contributed by atoms with Crippen molar-refractivity contribution >= 4 is 11.9 Å². The molecule has 3 heterocycles. The number of methoxy groups -OCH3 is 1. The second-order valence-corrected chi connectivity index (χ2v) is 8.18. The maximum atomic E-state index is 14.6. The number of imidazole rings is 1. The van der Waals surface area contributed by atoms with Crippen molar-refractivity contribution in [2.45, 2.75) is 25.7 Å². The second-order valence-electron chi connectivity index (χ2n) is 8.18. The highest BCUT2D eigenvalue weighted by atomic mass is 19.3. The van der Waals surface area contributed by atoms with Crippen LogP contribution in [0.15, 0.2) is 65.9 Å². The zero-order valence-electron chi connectivity index (χ0n) is 18.6. The van der Waals surface area contributed by atoms with Gasteiger partial charge in [0.15, 0.2) is 5.76 Å². The molecule has 0 radical (unpaired) electrons. The fraction of sp³-hybridized carbons (Fsp3) is 0.250. The molecule has 0 saturated carbocycles. The van der Waals surface area contributed by atoms with Gasteiger partial charge in [-0.3, -0.25) is 4.90 Å². The van der Waals surface area contributed by atoms with Crippen LogP contribution in [0.3, 0.4) is 0 Å². The molecule has 7 nitrogen and oxygen atoms in total. The van der Waals surface area contributed by atoms with E-state index in [-0.39, 0.29) is 11.6 Å². The summed E-state index contributed by atoms with van der Waals surface area (Å²) >= 11 is 0. The van der Waals surface area contributed by atoms with Gasteiger partial charge in [-0.2, -0.15) is 8.78 Å². The van der Waals surface area contributed by atoms with Gasteiger partial charge in [0.05, 0.1) is 24.8 Å². The van der Waals surface area contributed by atoms with E-state index in [1.807, 2.05) is 13.1 Å². The van der Waals surface area contributed by atoms with Crippen LogP contribution in [0.5, 0.6) is 5.75 Å². The smallest absolute Gasteiger partial charge is 0.416 e. The molecule has 0 N–H and O–H groups in total. The van der Waals surface area contributed by atoms with Gasteiger partial charge in [0.2, 0.25) is 11.6 Å². The molecule has 0 spiro atoms. The van der Waals surface area contributed by atoms with E-state index in [0.717, 1.165) is 11.4 Å². The average molecular weight is 470 g/mol. The van der Waals surface area contributed by atoms with Crippen LogP contribution in [0.1, 0.15) is 23.7 Å². The molecule has 1 fully saturated rings. The van der Waals surface area contributed by atoms with E-state index < -0.39 is 24.2 Å². The number of ether oxygens (including phenoxy) is 2. The lowest BCUT2D eigenvalue weighted by atomic mass is 10.0. The molecule has 0 bridgehead atoms. The first-order chi connectivity index (χ1) is 16.2. The lowest BCUT2D eigenvalue weighted by Gasteiger charge is -2.40. The van der Waals surface area contributed by atoms with Gasteiger partial charge < -0.3 is 18.9 Å². The fourth-order valence-corrected chi connectivity index (χ4v) is 4.02. The Morgan fingerprint density at radius 3 is 2.59 bits per heavy atom. The molecule has 2 aliphatic rings. The Bertz CT molecular complexity index is 1300. The Balaban J connectivity index is 1.51. The van der Waals surface area contributed by atoms with Crippen molar-refractivity contribution in [2.75, 3.05) is 13.7 Å². The first-order valence-electron chi connectivity index (χ1n) is 10.5. The summed E-state index contributed by atoms with van der Waals surface area (Å²) in [5, 5.41) is 4.04. The maximum absolute atomic E-state index is 14.6. The van der Waals surface area contributed by atoms with Gasteiger partial charge >= 0.3 is 6.11 Å². The zero-order chi connectivity index (χ0) is 24.1. The minimum atomic E-state index is -3.50. The zero-order valence-corrected chi connectivity index (χ0v) is 18.6. The van der Waals surface area contributed by atoms with E-state index in [0.29, 0.717) is 16.9 Å². The SMILES string of the molecule is COc1cc(C=C2OC(F)(F)CN3C2=NOC3(C)c2ccc(F)cc2)ccc1-n1cnc(C)c1. The van der Waals surface area contributed by atoms with Gasteiger partial charge in [-0.1, -0.05) is 23.4 Å². The molecule has 1 unspecified atom stereocenters. The number of amidine groups is 1. The lowest BCUT2D eigenvalue weighted by Crippen LogP contribution is -2.54. The molecular weight excluding hydrogens is 449 g/mol. The monoisotopic (exact) mass is 470 g/mol. The molecule has 34 heavy (non-hydrogen) atoms. The normalized spacial score (nSPS) is 22.1. The Kier molecular flexibility index (Phi) is 5.03. The van der Waals surface area contributed by atoms with Crippen molar-refractivity contribution < 1.29 is 27.5 Å². The number of morpholine rings is 1. The number of aromatic nitrogens is 2. The molecule has 10 heteroatoms. The van der Waals surface area contributed by atoms with E-state index in [1.165, 1.54) is 42.4 Å². The molecule has 1 atom stereocenters. The molecular formula is C24H21F3N4O3.